The number of carbonyl (C=O) groups excluding carboxylic acids is 2. The number of esters is 1. The van der Waals surface area contributed by atoms with Crippen LogP contribution in [0.1, 0.15) is 44.9 Å². The van der Waals surface area contributed by atoms with Crippen LogP contribution in [0.25, 0.3) is 0 Å². The summed E-state index contributed by atoms with van der Waals surface area (Å²) in [5, 5.41) is 2.86. The van der Waals surface area contributed by atoms with Gasteiger partial charge in [-0.15, -0.1) is 0 Å². The molecule has 4 saturated carbocycles. The Morgan fingerprint density at radius 3 is 2.22 bits per heavy atom. The fourth-order valence-electron chi connectivity index (χ4n) is 5.73. The Balaban J connectivity index is 1.14. The Kier molecular flexibility index (Phi) is 5.37. The lowest BCUT2D eigenvalue weighted by Gasteiger charge is -2.55. The highest BCUT2D eigenvalue weighted by Crippen LogP contribution is 2.60. The quantitative estimate of drug-likeness (QED) is 0.562. The van der Waals surface area contributed by atoms with Gasteiger partial charge in [-0.2, -0.15) is 0 Å². The van der Waals surface area contributed by atoms with E-state index in [1.54, 1.807) is 0 Å². The van der Waals surface area contributed by atoms with Gasteiger partial charge in [-0.1, -0.05) is 18.2 Å². The maximum Gasteiger partial charge on any atom is 0.325 e. The molecule has 0 aromatic heterocycles. The first-order chi connectivity index (χ1) is 13.1. The lowest BCUT2D eigenvalue weighted by molar-refractivity contribution is -0.151. The van der Waals surface area contributed by atoms with Crippen molar-refractivity contribution in [3.8, 4) is 5.75 Å². The van der Waals surface area contributed by atoms with E-state index >= 15 is 0 Å². The first kappa shape index (κ1) is 18.3. The first-order valence-corrected chi connectivity index (χ1v) is 10.2. The highest BCUT2D eigenvalue weighted by Gasteiger charge is 2.54. The molecule has 0 saturated heterocycles. The van der Waals surface area contributed by atoms with Gasteiger partial charge in [0.15, 0.2) is 0 Å². The summed E-state index contributed by atoms with van der Waals surface area (Å²) >= 11 is 0. The molecule has 1 amide bonds. The number of carbonyl (C=O) groups is 2. The lowest BCUT2D eigenvalue weighted by Crippen LogP contribution is -2.54. The first-order valence-electron chi connectivity index (χ1n) is 10.2. The Hall–Kier alpha value is -2.04. The summed E-state index contributed by atoms with van der Waals surface area (Å²) in [6.45, 7) is 0.774. The third-order valence-corrected chi connectivity index (χ3v) is 6.48. The van der Waals surface area contributed by atoms with Gasteiger partial charge >= 0.3 is 5.97 Å². The molecule has 1 aromatic rings. The van der Waals surface area contributed by atoms with E-state index in [0.29, 0.717) is 19.6 Å². The average Bonchev–Trinajstić information content (AvgIpc) is 2.65. The minimum absolute atomic E-state index is 0.0277. The zero-order chi connectivity index (χ0) is 18.7. The van der Waals surface area contributed by atoms with Crippen molar-refractivity contribution in [3.63, 3.8) is 0 Å². The zero-order valence-corrected chi connectivity index (χ0v) is 15.8. The maximum absolute atomic E-state index is 12.8. The van der Waals surface area contributed by atoms with Gasteiger partial charge in [0.1, 0.15) is 12.3 Å². The topological polar surface area (TPSA) is 64.6 Å². The van der Waals surface area contributed by atoms with Gasteiger partial charge in [0, 0.05) is 11.8 Å². The molecule has 0 heterocycles. The lowest BCUT2D eigenvalue weighted by atomic mass is 9.49. The van der Waals surface area contributed by atoms with E-state index in [4.69, 9.17) is 9.47 Å². The number of amides is 1. The third kappa shape index (κ3) is 4.28. The predicted molar refractivity (Wildman–Crippen MR) is 101 cm³/mol. The van der Waals surface area contributed by atoms with Gasteiger partial charge < -0.3 is 14.8 Å². The Morgan fingerprint density at radius 2 is 1.59 bits per heavy atom. The molecule has 0 spiro atoms. The molecule has 5 heteroatoms. The number of para-hydroxylation sites is 1. The molecule has 1 aromatic carbocycles. The van der Waals surface area contributed by atoms with E-state index < -0.39 is 0 Å². The normalized spacial score (nSPS) is 30.7. The molecule has 146 valence electrons. The molecular weight excluding hydrogens is 342 g/mol. The van der Waals surface area contributed by atoms with Crippen LogP contribution in [0.15, 0.2) is 30.3 Å². The molecule has 27 heavy (non-hydrogen) atoms. The van der Waals surface area contributed by atoms with Gasteiger partial charge in [-0.3, -0.25) is 9.59 Å². The van der Waals surface area contributed by atoms with E-state index in [1.807, 2.05) is 30.3 Å². The van der Waals surface area contributed by atoms with Crippen molar-refractivity contribution in [1.82, 2.24) is 5.32 Å². The van der Waals surface area contributed by atoms with E-state index in [1.165, 1.54) is 19.3 Å². The summed E-state index contributed by atoms with van der Waals surface area (Å²) in [4.78, 5) is 24.7. The van der Waals surface area contributed by atoms with Gasteiger partial charge in [0.05, 0.1) is 13.2 Å². The van der Waals surface area contributed by atoms with Crippen LogP contribution < -0.4 is 10.1 Å². The molecule has 0 radical (unpaired) electrons. The number of nitrogens with one attached hydrogen (secondary N) is 1. The fraction of sp³-hybridized carbons (Fsp3) is 0.636. The molecule has 4 aliphatic rings. The second kappa shape index (κ2) is 7.91. The van der Waals surface area contributed by atoms with Gasteiger partial charge in [-0.05, 0) is 68.4 Å². The van der Waals surface area contributed by atoms with Crippen LogP contribution in [0, 0.1) is 23.2 Å². The van der Waals surface area contributed by atoms with Crippen LogP contribution in [-0.4, -0.2) is 31.6 Å². The second-order valence-electron chi connectivity index (χ2n) is 8.62. The summed E-state index contributed by atoms with van der Waals surface area (Å²) < 4.78 is 10.8. The molecule has 0 atom stereocenters. The minimum Gasteiger partial charge on any atom is -0.493 e. The standard InChI is InChI=1S/C22H29NO4/c24-20(27-8-4-7-26-19-5-2-1-3-6-19)15-23-21(25)22-12-16-9-17(13-22)11-18(10-16)14-22/h1-3,5-6,16-18H,4,7-15H2,(H,23,25). The van der Waals surface area contributed by atoms with Gasteiger partial charge in [-0.25, -0.2) is 0 Å². The average molecular weight is 371 g/mol. The molecule has 1 N–H and O–H groups in total. The van der Waals surface area contributed by atoms with Crippen LogP contribution in [0.2, 0.25) is 0 Å². The van der Waals surface area contributed by atoms with Crippen molar-refractivity contribution in [2.24, 2.45) is 23.2 Å². The summed E-state index contributed by atoms with van der Waals surface area (Å²) in [6, 6.07) is 9.56. The van der Waals surface area contributed by atoms with Crippen LogP contribution in [0.5, 0.6) is 5.75 Å². The Labute approximate surface area is 160 Å². The van der Waals surface area contributed by atoms with Crippen molar-refractivity contribution < 1.29 is 19.1 Å². The van der Waals surface area contributed by atoms with E-state index in [2.05, 4.69) is 5.32 Å². The molecule has 4 bridgehead atoms. The molecule has 4 aliphatic carbocycles. The van der Waals surface area contributed by atoms with E-state index in [-0.39, 0.29) is 23.8 Å². The van der Waals surface area contributed by atoms with Crippen molar-refractivity contribution in [3.05, 3.63) is 30.3 Å². The van der Waals surface area contributed by atoms with Crippen molar-refractivity contribution in [1.29, 1.82) is 0 Å². The molecule has 0 aliphatic heterocycles. The second-order valence-corrected chi connectivity index (χ2v) is 8.62. The Morgan fingerprint density at radius 1 is 0.963 bits per heavy atom. The SMILES string of the molecule is O=C(CNC(=O)C12CC3CC(CC(C3)C1)C2)OCCCOc1ccccc1. The summed E-state index contributed by atoms with van der Waals surface area (Å²) in [6.07, 6.45) is 7.58. The van der Waals surface area contributed by atoms with Gasteiger partial charge in [0.25, 0.3) is 0 Å². The maximum atomic E-state index is 12.8. The fourth-order valence-corrected chi connectivity index (χ4v) is 5.73. The predicted octanol–water partition coefficient (Wildman–Crippen LogP) is 3.33. The van der Waals surface area contributed by atoms with E-state index in [0.717, 1.165) is 42.8 Å². The van der Waals surface area contributed by atoms with Crippen LogP contribution in [0.3, 0.4) is 0 Å². The highest BCUT2D eigenvalue weighted by atomic mass is 16.5. The Bertz CT molecular complexity index is 637. The number of rotatable bonds is 8. The van der Waals surface area contributed by atoms with Gasteiger partial charge in [0.2, 0.25) is 5.91 Å². The monoisotopic (exact) mass is 371 g/mol. The molecular formula is C22H29NO4. The summed E-state index contributed by atoms with van der Waals surface area (Å²) in [7, 11) is 0. The molecule has 4 fully saturated rings. The largest absolute Gasteiger partial charge is 0.493 e. The van der Waals surface area contributed by atoms with E-state index in [9.17, 15) is 9.59 Å². The van der Waals surface area contributed by atoms with Crippen molar-refractivity contribution >= 4 is 11.9 Å². The molecule has 5 nitrogen and oxygen atoms in total. The summed E-state index contributed by atoms with van der Waals surface area (Å²) in [5.74, 6) is 2.68. The highest BCUT2D eigenvalue weighted by molar-refractivity contribution is 5.86. The number of hydrogen-bond donors (Lipinski definition) is 1. The summed E-state index contributed by atoms with van der Waals surface area (Å²) in [5.41, 5.74) is -0.210. The number of benzene rings is 1. The molecule has 0 unspecified atom stereocenters. The van der Waals surface area contributed by atoms with Crippen LogP contribution >= 0.6 is 0 Å². The third-order valence-electron chi connectivity index (χ3n) is 6.48. The van der Waals surface area contributed by atoms with Crippen LogP contribution in [0.4, 0.5) is 0 Å². The smallest absolute Gasteiger partial charge is 0.325 e. The zero-order valence-electron chi connectivity index (χ0n) is 15.8. The minimum atomic E-state index is -0.368. The molecule has 5 rings (SSSR count). The number of hydrogen-bond acceptors (Lipinski definition) is 4. The number of ether oxygens (including phenoxy) is 2. The van der Waals surface area contributed by atoms with Crippen LogP contribution in [-0.2, 0) is 14.3 Å². The van der Waals surface area contributed by atoms with Crippen molar-refractivity contribution in [2.45, 2.75) is 44.9 Å². The van der Waals surface area contributed by atoms with Crippen molar-refractivity contribution in [2.75, 3.05) is 19.8 Å².